The Kier molecular flexibility index (Phi) is 10.9. The summed E-state index contributed by atoms with van der Waals surface area (Å²) in [5, 5.41) is 7.20. The minimum absolute atomic E-state index is 0.731. The number of anilines is 2. The van der Waals surface area contributed by atoms with Crippen molar-refractivity contribution in [1.82, 2.24) is 25.2 Å². The Morgan fingerprint density at radius 3 is 2.31 bits per heavy atom. The van der Waals surface area contributed by atoms with Crippen LogP contribution in [0.2, 0.25) is 5.82 Å². The first-order chi connectivity index (χ1) is 17.1. The monoisotopic (exact) mass is 544 g/mol. The van der Waals surface area contributed by atoms with Gasteiger partial charge in [-0.25, -0.2) is 9.97 Å². The molecule has 0 atom stereocenters. The summed E-state index contributed by atoms with van der Waals surface area (Å²) in [5.74, 6) is 3.60. The van der Waals surface area contributed by atoms with Gasteiger partial charge in [0.15, 0.2) is 0 Å². The summed E-state index contributed by atoms with van der Waals surface area (Å²) >= 11 is 2.62. The number of aromatic amines is 1. The number of hydrogen-bond donors (Lipinski definition) is 3. The zero-order valence-corrected chi connectivity index (χ0v) is 22.9. The normalized spacial score (nSPS) is 15.9. The van der Waals surface area contributed by atoms with Crippen LogP contribution in [0.5, 0.6) is 0 Å². The van der Waals surface area contributed by atoms with Gasteiger partial charge < -0.3 is 30.2 Å². The third kappa shape index (κ3) is 7.70. The number of benzene rings is 1. The molecule has 2 aliphatic rings. The number of piperidine rings is 1. The maximum atomic E-state index is 5.45. The van der Waals surface area contributed by atoms with Gasteiger partial charge in [0.05, 0.1) is 24.4 Å². The van der Waals surface area contributed by atoms with E-state index in [0.717, 1.165) is 65.9 Å². The zero-order valence-electron chi connectivity index (χ0n) is 21.1. The van der Waals surface area contributed by atoms with Crippen LogP contribution in [0.4, 0.5) is 11.5 Å². The fourth-order valence-electron chi connectivity index (χ4n) is 4.13. The minimum atomic E-state index is 0.731. The number of morpholine rings is 1. The van der Waals surface area contributed by atoms with Crippen LogP contribution in [-0.2, 0) is 4.74 Å². The van der Waals surface area contributed by atoms with Crippen LogP contribution in [0.1, 0.15) is 19.3 Å². The molecule has 0 amide bonds. The SMILES string of the molecule is C=C(NC)Nc1ccc(-c2cc3c(N4CCOCC4)ncnc3[nH]2)cc1.CN1CCCCC1.C[Se]. The fraction of sp³-hybridized carbons (Fsp3) is 0.462. The predicted octanol–water partition coefficient (Wildman–Crippen LogP) is 3.87. The van der Waals surface area contributed by atoms with Crippen LogP contribution < -0.4 is 15.5 Å². The molecule has 5 rings (SSSR count). The van der Waals surface area contributed by atoms with E-state index in [2.05, 4.69) is 83.2 Å². The molecule has 1 radical (unpaired) electrons. The Morgan fingerprint density at radius 2 is 1.71 bits per heavy atom. The Bertz CT molecular complexity index is 1040. The standard InChI is InChI=1S/C19H22N6O.C6H13N.CH3Se/c1-13(20-2)23-15-5-3-14(4-6-15)17-11-16-18(24-17)21-12-22-19(16)25-7-9-26-10-8-25;1-7-5-3-2-4-6-7;1-2/h3-6,11-12,20,23H,1,7-10H2,2H3,(H,21,22,24);2-6H2,1H3;1H3. The second kappa shape index (κ2) is 14.1. The number of nitrogens with zero attached hydrogens (tertiary/aromatic N) is 4. The molecule has 3 N–H and O–H groups in total. The Hall–Kier alpha value is -2.58. The molecule has 0 unspecified atom stereocenters. The van der Waals surface area contributed by atoms with Crippen LogP contribution in [-0.4, -0.2) is 89.4 Å². The van der Waals surface area contributed by atoms with Gasteiger partial charge in [-0.3, -0.25) is 0 Å². The van der Waals surface area contributed by atoms with E-state index >= 15 is 0 Å². The number of ether oxygens (including phenoxy) is 1. The van der Waals surface area contributed by atoms with Gasteiger partial charge in [0.25, 0.3) is 0 Å². The van der Waals surface area contributed by atoms with Gasteiger partial charge in [-0.05, 0) is 56.7 Å². The number of hydrogen-bond acceptors (Lipinski definition) is 7. The molecule has 4 heterocycles. The molecule has 9 heteroatoms. The van der Waals surface area contributed by atoms with Gasteiger partial charge in [0.2, 0.25) is 0 Å². The maximum absolute atomic E-state index is 5.45. The van der Waals surface area contributed by atoms with Crippen molar-refractivity contribution in [2.24, 2.45) is 0 Å². The number of aromatic nitrogens is 3. The van der Waals surface area contributed by atoms with Crippen molar-refractivity contribution < 1.29 is 4.74 Å². The number of rotatable bonds is 5. The van der Waals surface area contributed by atoms with E-state index in [4.69, 9.17) is 4.74 Å². The van der Waals surface area contributed by atoms with Gasteiger partial charge >= 0.3 is 21.8 Å². The first-order valence-electron chi connectivity index (χ1n) is 12.1. The van der Waals surface area contributed by atoms with E-state index in [1.54, 1.807) is 6.33 Å². The zero-order chi connectivity index (χ0) is 25.0. The van der Waals surface area contributed by atoms with E-state index in [-0.39, 0.29) is 0 Å². The van der Waals surface area contributed by atoms with Crippen molar-refractivity contribution in [2.75, 3.05) is 63.7 Å². The summed E-state index contributed by atoms with van der Waals surface area (Å²) in [7, 11) is 4.03. The molecule has 1 aromatic carbocycles. The van der Waals surface area contributed by atoms with Crippen molar-refractivity contribution in [2.45, 2.75) is 25.1 Å². The molecule has 2 saturated heterocycles. The van der Waals surface area contributed by atoms with E-state index in [9.17, 15) is 0 Å². The summed E-state index contributed by atoms with van der Waals surface area (Å²) in [6.07, 6.45) is 5.89. The molecule has 0 saturated carbocycles. The molecule has 0 aliphatic carbocycles. The first kappa shape index (κ1) is 27.0. The van der Waals surface area contributed by atoms with E-state index in [1.165, 1.54) is 32.4 Å². The van der Waals surface area contributed by atoms with Crippen LogP contribution in [0, 0.1) is 0 Å². The number of fused-ring (bicyclic) bond motifs is 1. The van der Waals surface area contributed by atoms with Crippen molar-refractivity contribution in [3.8, 4) is 11.3 Å². The topological polar surface area (TPSA) is 81.3 Å². The molecule has 35 heavy (non-hydrogen) atoms. The van der Waals surface area contributed by atoms with E-state index < -0.39 is 0 Å². The van der Waals surface area contributed by atoms with Gasteiger partial charge in [-0.2, -0.15) is 0 Å². The fourth-order valence-corrected chi connectivity index (χ4v) is 4.13. The molecule has 8 nitrogen and oxygen atoms in total. The van der Waals surface area contributed by atoms with Crippen molar-refractivity contribution in [3.05, 3.63) is 49.1 Å². The molecule has 0 bridgehead atoms. The average Bonchev–Trinajstić information content (AvgIpc) is 3.36. The Labute approximate surface area is 217 Å². The van der Waals surface area contributed by atoms with Gasteiger partial charge in [-0.1, -0.05) is 25.1 Å². The molecule has 0 spiro atoms. The van der Waals surface area contributed by atoms with Gasteiger partial charge in [0, 0.05) is 31.5 Å². The molecule has 189 valence electrons. The van der Waals surface area contributed by atoms with Gasteiger partial charge in [-0.15, -0.1) is 0 Å². The van der Waals surface area contributed by atoms with Crippen LogP contribution in [0.15, 0.2) is 49.1 Å². The molecular weight excluding hydrogens is 505 g/mol. The molecule has 2 aliphatic heterocycles. The number of H-pyrrole nitrogens is 1. The van der Waals surface area contributed by atoms with Crippen LogP contribution in [0.25, 0.3) is 22.3 Å². The van der Waals surface area contributed by atoms with E-state index in [1.807, 2.05) is 25.0 Å². The van der Waals surface area contributed by atoms with Crippen molar-refractivity contribution in [1.29, 1.82) is 0 Å². The summed E-state index contributed by atoms with van der Waals surface area (Å²) < 4.78 is 5.45. The third-order valence-corrected chi connectivity index (χ3v) is 6.09. The van der Waals surface area contributed by atoms with Crippen molar-refractivity contribution in [3.63, 3.8) is 0 Å². The summed E-state index contributed by atoms with van der Waals surface area (Å²) in [6, 6.07) is 10.3. The summed E-state index contributed by atoms with van der Waals surface area (Å²) in [5.41, 5.74) is 3.95. The van der Waals surface area contributed by atoms with Gasteiger partial charge in [0.1, 0.15) is 17.8 Å². The molecule has 2 aromatic heterocycles. The Morgan fingerprint density at radius 1 is 1.03 bits per heavy atom. The summed E-state index contributed by atoms with van der Waals surface area (Å²) in [6.45, 7) is 9.68. The molecule has 3 aromatic rings. The predicted molar refractivity (Wildman–Crippen MR) is 147 cm³/mol. The van der Waals surface area contributed by atoms with E-state index in [0.29, 0.717) is 0 Å². The van der Waals surface area contributed by atoms with Crippen LogP contribution in [0.3, 0.4) is 0 Å². The number of nitrogens with one attached hydrogen (secondary N) is 3. The Balaban J connectivity index is 0.000000324. The first-order valence-corrected chi connectivity index (χ1v) is 13.9. The molecule has 2 fully saturated rings. The third-order valence-electron chi connectivity index (χ3n) is 6.09. The molecular formula is C26H38N7OSe. The average molecular weight is 544 g/mol. The van der Waals surface area contributed by atoms with Crippen molar-refractivity contribution >= 4 is 38.6 Å². The second-order valence-electron chi connectivity index (χ2n) is 8.54. The second-order valence-corrected chi connectivity index (χ2v) is 8.54. The number of likely N-dealkylation sites (tertiary alicyclic amines) is 1. The van der Waals surface area contributed by atoms with Crippen LogP contribution >= 0.6 is 0 Å². The quantitative estimate of drug-likeness (QED) is 0.422. The summed E-state index contributed by atoms with van der Waals surface area (Å²) in [4.78, 5) is 16.9.